The van der Waals surface area contributed by atoms with Gasteiger partial charge in [-0.25, -0.2) is 4.98 Å². The summed E-state index contributed by atoms with van der Waals surface area (Å²) >= 11 is 6.26. The van der Waals surface area contributed by atoms with E-state index in [1.807, 2.05) is 55.5 Å². The number of rotatable bonds is 8. The molecule has 4 rings (SSSR count). The quantitative estimate of drug-likeness (QED) is 0.192. The minimum absolute atomic E-state index is 0.0823. The van der Waals surface area contributed by atoms with Crippen LogP contribution in [0.3, 0.4) is 0 Å². The first-order valence-electron chi connectivity index (χ1n) is 11.2. The van der Waals surface area contributed by atoms with Crippen LogP contribution in [0.5, 0.6) is 0 Å². The van der Waals surface area contributed by atoms with Crippen molar-refractivity contribution in [3.05, 3.63) is 79.4 Å². The summed E-state index contributed by atoms with van der Waals surface area (Å²) in [5.41, 5.74) is 3.62. The van der Waals surface area contributed by atoms with E-state index in [1.165, 1.54) is 22.2 Å². The van der Waals surface area contributed by atoms with E-state index >= 15 is 0 Å². The number of carbonyl (C=O) groups is 1. The van der Waals surface area contributed by atoms with Gasteiger partial charge in [0.25, 0.3) is 5.56 Å². The van der Waals surface area contributed by atoms with Crippen LogP contribution in [0.15, 0.2) is 63.0 Å². The number of hydrogen-bond acceptors (Lipinski definition) is 5. The fraction of sp³-hybridized carbons (Fsp3) is 0.269. The van der Waals surface area contributed by atoms with Crippen LogP contribution in [-0.2, 0) is 17.6 Å². The molecule has 34 heavy (non-hydrogen) atoms. The maximum atomic E-state index is 13.7. The fourth-order valence-electron chi connectivity index (χ4n) is 3.74. The molecule has 2 aromatic heterocycles. The van der Waals surface area contributed by atoms with Crippen molar-refractivity contribution < 1.29 is 4.79 Å². The minimum Gasteiger partial charge on any atom is -0.325 e. The van der Waals surface area contributed by atoms with Crippen molar-refractivity contribution in [2.75, 3.05) is 11.1 Å². The molecule has 2 heterocycles. The van der Waals surface area contributed by atoms with Crippen molar-refractivity contribution in [3.8, 4) is 5.69 Å². The van der Waals surface area contributed by atoms with Crippen molar-refractivity contribution in [3.63, 3.8) is 0 Å². The van der Waals surface area contributed by atoms with E-state index in [0.29, 0.717) is 10.5 Å². The molecule has 0 aliphatic heterocycles. The standard InChI is InChI=1S/C26H26BrN3O2S2/c1-4-6-21-16(3)23-24(34-21)29-26(30(25(23)32)20-13-7-17(5-2)8-14-20)33-15-22(31)28-19-11-9-18(27)10-12-19/h7-14H,4-6,15H2,1-3H3,(H,28,31). The first-order valence-corrected chi connectivity index (χ1v) is 13.8. The molecule has 8 heteroatoms. The zero-order valence-corrected chi connectivity index (χ0v) is 22.6. The summed E-state index contributed by atoms with van der Waals surface area (Å²) in [6.45, 7) is 6.25. The molecule has 0 bridgehead atoms. The zero-order chi connectivity index (χ0) is 24.2. The number of halogens is 1. The number of carbonyl (C=O) groups excluding carboxylic acids is 1. The zero-order valence-electron chi connectivity index (χ0n) is 19.4. The summed E-state index contributed by atoms with van der Waals surface area (Å²) < 4.78 is 2.60. The van der Waals surface area contributed by atoms with E-state index in [1.54, 1.807) is 15.9 Å². The highest BCUT2D eigenvalue weighted by atomic mass is 79.9. The molecule has 0 aliphatic carbocycles. The number of nitrogens with zero attached hydrogens (tertiary/aromatic N) is 2. The Morgan fingerprint density at radius 2 is 1.82 bits per heavy atom. The van der Waals surface area contributed by atoms with E-state index in [0.717, 1.165) is 45.5 Å². The molecule has 1 amide bonds. The van der Waals surface area contributed by atoms with Crippen LogP contribution in [-0.4, -0.2) is 21.2 Å². The van der Waals surface area contributed by atoms with E-state index in [2.05, 4.69) is 35.1 Å². The third-order valence-electron chi connectivity index (χ3n) is 5.57. The Kier molecular flexibility index (Phi) is 7.91. The van der Waals surface area contributed by atoms with Crippen LogP contribution in [0.1, 0.15) is 36.3 Å². The lowest BCUT2D eigenvalue weighted by molar-refractivity contribution is -0.113. The van der Waals surface area contributed by atoms with Gasteiger partial charge in [0, 0.05) is 15.0 Å². The number of aromatic nitrogens is 2. The molecular weight excluding hydrogens is 530 g/mol. The van der Waals surface area contributed by atoms with Gasteiger partial charge in [-0.2, -0.15) is 0 Å². The number of fused-ring (bicyclic) bond motifs is 1. The van der Waals surface area contributed by atoms with Gasteiger partial charge in [0.05, 0.1) is 16.8 Å². The van der Waals surface area contributed by atoms with Crippen molar-refractivity contribution in [2.45, 2.75) is 45.2 Å². The second-order valence-electron chi connectivity index (χ2n) is 7.98. The predicted molar refractivity (Wildman–Crippen MR) is 147 cm³/mol. The molecule has 0 atom stereocenters. The number of thiophene rings is 1. The van der Waals surface area contributed by atoms with Crippen molar-refractivity contribution >= 4 is 60.8 Å². The summed E-state index contributed by atoms with van der Waals surface area (Å²) in [6.07, 6.45) is 2.86. The summed E-state index contributed by atoms with van der Waals surface area (Å²) in [5.74, 6) is -0.00340. The summed E-state index contributed by atoms with van der Waals surface area (Å²) in [5, 5.41) is 4.10. The van der Waals surface area contributed by atoms with Gasteiger partial charge in [-0.3, -0.25) is 14.2 Å². The molecule has 1 N–H and O–H groups in total. The Morgan fingerprint density at radius 1 is 1.12 bits per heavy atom. The van der Waals surface area contributed by atoms with Gasteiger partial charge in [-0.1, -0.05) is 60.1 Å². The number of anilines is 1. The Morgan fingerprint density at radius 3 is 2.47 bits per heavy atom. The van der Waals surface area contributed by atoms with Crippen LogP contribution < -0.4 is 10.9 Å². The molecule has 4 aromatic rings. The average Bonchev–Trinajstić information content (AvgIpc) is 3.15. The molecular formula is C26H26BrN3O2S2. The molecule has 0 aliphatic rings. The summed E-state index contributed by atoms with van der Waals surface area (Å²) in [7, 11) is 0. The third kappa shape index (κ3) is 5.29. The van der Waals surface area contributed by atoms with Gasteiger partial charge < -0.3 is 5.32 Å². The highest BCUT2D eigenvalue weighted by Gasteiger charge is 2.20. The maximum Gasteiger partial charge on any atom is 0.267 e. The molecule has 0 radical (unpaired) electrons. The first-order chi connectivity index (χ1) is 16.4. The van der Waals surface area contributed by atoms with Gasteiger partial charge >= 0.3 is 0 Å². The Balaban J connectivity index is 1.71. The largest absolute Gasteiger partial charge is 0.325 e. The number of amides is 1. The van der Waals surface area contributed by atoms with Crippen molar-refractivity contribution in [1.29, 1.82) is 0 Å². The van der Waals surface area contributed by atoms with Gasteiger partial charge in [-0.15, -0.1) is 11.3 Å². The number of nitrogens with one attached hydrogen (secondary N) is 1. The Labute approximate surface area is 215 Å². The third-order valence-corrected chi connectivity index (χ3v) is 8.29. The SMILES string of the molecule is CCCc1sc2nc(SCC(=O)Nc3ccc(Br)cc3)n(-c3ccc(CC)cc3)c(=O)c2c1C. The highest BCUT2D eigenvalue weighted by Crippen LogP contribution is 2.31. The lowest BCUT2D eigenvalue weighted by Gasteiger charge is -2.13. The summed E-state index contributed by atoms with van der Waals surface area (Å²) in [6, 6.07) is 15.4. The number of thioether (sulfide) groups is 1. The molecule has 176 valence electrons. The molecule has 0 saturated carbocycles. The molecule has 0 fully saturated rings. The van der Waals surface area contributed by atoms with Crippen molar-refractivity contribution in [1.82, 2.24) is 9.55 Å². The second-order valence-corrected chi connectivity index (χ2v) is 10.9. The Bertz CT molecular complexity index is 1380. The van der Waals surface area contributed by atoms with Crippen LogP contribution in [0.2, 0.25) is 0 Å². The lowest BCUT2D eigenvalue weighted by Crippen LogP contribution is -2.23. The van der Waals surface area contributed by atoms with E-state index in [4.69, 9.17) is 4.98 Å². The highest BCUT2D eigenvalue weighted by molar-refractivity contribution is 9.10. The van der Waals surface area contributed by atoms with Crippen LogP contribution in [0.25, 0.3) is 15.9 Å². The predicted octanol–water partition coefficient (Wildman–Crippen LogP) is 6.76. The Hall–Kier alpha value is -2.42. The smallest absolute Gasteiger partial charge is 0.267 e. The number of benzene rings is 2. The fourth-order valence-corrected chi connectivity index (χ4v) is 6.14. The molecule has 5 nitrogen and oxygen atoms in total. The average molecular weight is 557 g/mol. The first kappa shape index (κ1) is 24.7. The van der Waals surface area contributed by atoms with E-state index < -0.39 is 0 Å². The van der Waals surface area contributed by atoms with Gasteiger partial charge in [0.15, 0.2) is 5.16 Å². The molecule has 0 spiro atoms. The molecule has 2 aromatic carbocycles. The van der Waals surface area contributed by atoms with Gasteiger partial charge in [-0.05, 0) is 67.3 Å². The monoisotopic (exact) mass is 555 g/mol. The van der Waals surface area contributed by atoms with Gasteiger partial charge in [0.1, 0.15) is 4.83 Å². The normalized spacial score (nSPS) is 11.2. The van der Waals surface area contributed by atoms with Crippen LogP contribution in [0.4, 0.5) is 5.69 Å². The van der Waals surface area contributed by atoms with E-state index in [9.17, 15) is 9.59 Å². The molecule has 0 saturated heterocycles. The van der Waals surface area contributed by atoms with Crippen LogP contribution >= 0.6 is 39.0 Å². The second kappa shape index (κ2) is 10.9. The number of aryl methyl sites for hydroxylation is 3. The van der Waals surface area contributed by atoms with Gasteiger partial charge in [0.2, 0.25) is 5.91 Å². The van der Waals surface area contributed by atoms with E-state index in [-0.39, 0.29) is 17.2 Å². The lowest BCUT2D eigenvalue weighted by atomic mass is 10.1. The maximum absolute atomic E-state index is 13.7. The number of hydrogen-bond donors (Lipinski definition) is 1. The summed E-state index contributed by atoms with van der Waals surface area (Å²) in [4.78, 5) is 33.2. The van der Waals surface area contributed by atoms with Crippen LogP contribution in [0, 0.1) is 6.92 Å². The molecule has 0 unspecified atom stereocenters. The minimum atomic E-state index is -0.149. The van der Waals surface area contributed by atoms with Crippen molar-refractivity contribution in [2.24, 2.45) is 0 Å². The topological polar surface area (TPSA) is 64.0 Å².